The van der Waals surface area contributed by atoms with Crippen molar-refractivity contribution in [2.24, 2.45) is 10.9 Å². The van der Waals surface area contributed by atoms with Gasteiger partial charge in [-0.3, -0.25) is 0 Å². The molecule has 2 rings (SSSR count). The first-order valence-corrected chi connectivity index (χ1v) is 7.13. The maximum Gasteiger partial charge on any atom is 0.170 e. The summed E-state index contributed by atoms with van der Waals surface area (Å²) in [6, 6.07) is 16.0. The van der Waals surface area contributed by atoms with Crippen LogP contribution in [0.1, 0.15) is 24.5 Å². The lowest BCUT2D eigenvalue weighted by atomic mass is 9.98. The Hall–Kier alpha value is -2.33. The number of hydrogen-bond donors (Lipinski definition) is 3. The van der Waals surface area contributed by atoms with E-state index in [4.69, 9.17) is 10.9 Å². The van der Waals surface area contributed by atoms with Gasteiger partial charge in [0.15, 0.2) is 5.84 Å². The van der Waals surface area contributed by atoms with E-state index in [-0.39, 0.29) is 5.84 Å². The minimum atomic E-state index is 0.124. The van der Waals surface area contributed by atoms with Crippen LogP contribution in [-0.4, -0.2) is 17.6 Å². The summed E-state index contributed by atoms with van der Waals surface area (Å²) in [4.78, 5) is 0. The van der Waals surface area contributed by atoms with Gasteiger partial charge in [-0.25, -0.2) is 0 Å². The molecule has 0 atom stereocenters. The van der Waals surface area contributed by atoms with Crippen molar-refractivity contribution in [3.63, 3.8) is 0 Å². The molecule has 4 nitrogen and oxygen atoms in total. The summed E-state index contributed by atoms with van der Waals surface area (Å²) in [5.74, 6) is 0.124. The largest absolute Gasteiger partial charge is 0.409 e. The van der Waals surface area contributed by atoms with Gasteiger partial charge in [-0.05, 0) is 29.7 Å². The second-order valence-corrected chi connectivity index (χ2v) is 4.90. The molecule has 0 radical (unpaired) electrons. The van der Waals surface area contributed by atoms with Crippen LogP contribution in [0.15, 0.2) is 53.7 Å². The fraction of sp³-hybridized carbons (Fsp3) is 0.235. The van der Waals surface area contributed by atoms with Crippen molar-refractivity contribution in [1.82, 2.24) is 5.32 Å². The monoisotopic (exact) mass is 283 g/mol. The Labute approximate surface area is 125 Å². The Morgan fingerprint density at radius 1 is 1.14 bits per heavy atom. The van der Waals surface area contributed by atoms with Gasteiger partial charge in [0.25, 0.3) is 0 Å². The Kier molecular flexibility index (Phi) is 5.35. The predicted octanol–water partition coefficient (Wildman–Crippen LogP) is 2.95. The van der Waals surface area contributed by atoms with Crippen LogP contribution in [0.5, 0.6) is 0 Å². The van der Waals surface area contributed by atoms with E-state index in [1.165, 1.54) is 5.56 Å². The van der Waals surface area contributed by atoms with Crippen LogP contribution in [0.4, 0.5) is 0 Å². The Morgan fingerprint density at radius 2 is 1.86 bits per heavy atom. The summed E-state index contributed by atoms with van der Waals surface area (Å²) in [7, 11) is 0. The minimum absolute atomic E-state index is 0.124. The predicted molar refractivity (Wildman–Crippen MR) is 86.4 cm³/mol. The van der Waals surface area contributed by atoms with Gasteiger partial charge in [0.05, 0.1) is 0 Å². The highest BCUT2D eigenvalue weighted by Gasteiger charge is 2.08. The maximum absolute atomic E-state index is 8.88. The third-order valence-electron chi connectivity index (χ3n) is 3.33. The summed E-state index contributed by atoms with van der Waals surface area (Å²) in [6.07, 6.45) is 1.13. The van der Waals surface area contributed by atoms with Crippen LogP contribution in [0.25, 0.3) is 11.1 Å². The van der Waals surface area contributed by atoms with Crippen LogP contribution in [0, 0.1) is 0 Å². The third-order valence-corrected chi connectivity index (χ3v) is 3.33. The van der Waals surface area contributed by atoms with E-state index in [0.717, 1.165) is 36.2 Å². The standard InChI is InChI=1S/C17H21N3O/c1-2-11-19-12-13-7-9-14(10-8-13)15-5-3-4-6-16(15)17(18)20-21/h3-10,19,21H,2,11-12H2,1H3,(H2,18,20). The molecular weight excluding hydrogens is 262 g/mol. The Balaban J connectivity index is 2.23. The molecule has 0 spiro atoms. The first-order valence-electron chi connectivity index (χ1n) is 7.13. The summed E-state index contributed by atoms with van der Waals surface area (Å²) in [5, 5.41) is 15.4. The molecular formula is C17H21N3O. The molecule has 0 saturated carbocycles. The minimum Gasteiger partial charge on any atom is -0.409 e. The van der Waals surface area contributed by atoms with E-state index in [0.29, 0.717) is 0 Å². The lowest BCUT2D eigenvalue weighted by Gasteiger charge is -2.09. The summed E-state index contributed by atoms with van der Waals surface area (Å²) in [5.41, 5.74) is 9.72. The second-order valence-electron chi connectivity index (χ2n) is 4.90. The fourth-order valence-corrected chi connectivity index (χ4v) is 2.22. The van der Waals surface area contributed by atoms with Gasteiger partial charge in [0, 0.05) is 12.1 Å². The molecule has 0 aliphatic carbocycles. The number of hydrogen-bond acceptors (Lipinski definition) is 3. The van der Waals surface area contributed by atoms with Crippen LogP contribution in [0.2, 0.25) is 0 Å². The molecule has 0 unspecified atom stereocenters. The number of rotatable bonds is 6. The van der Waals surface area contributed by atoms with Gasteiger partial charge in [0.2, 0.25) is 0 Å². The van der Waals surface area contributed by atoms with Gasteiger partial charge in [-0.2, -0.15) is 0 Å². The average molecular weight is 283 g/mol. The normalized spacial score (nSPS) is 11.6. The van der Waals surface area contributed by atoms with Crippen molar-refractivity contribution in [2.45, 2.75) is 19.9 Å². The molecule has 110 valence electrons. The number of amidine groups is 1. The third kappa shape index (κ3) is 3.83. The van der Waals surface area contributed by atoms with Gasteiger partial charge >= 0.3 is 0 Å². The molecule has 21 heavy (non-hydrogen) atoms. The highest BCUT2D eigenvalue weighted by Crippen LogP contribution is 2.24. The maximum atomic E-state index is 8.88. The van der Waals surface area contributed by atoms with Crippen molar-refractivity contribution in [3.05, 3.63) is 59.7 Å². The molecule has 2 aromatic rings. The van der Waals surface area contributed by atoms with Gasteiger partial charge in [0.1, 0.15) is 0 Å². The van der Waals surface area contributed by atoms with Crippen molar-refractivity contribution >= 4 is 5.84 Å². The molecule has 2 aromatic carbocycles. The fourth-order valence-electron chi connectivity index (χ4n) is 2.22. The smallest absolute Gasteiger partial charge is 0.170 e. The van der Waals surface area contributed by atoms with E-state index in [1.54, 1.807) is 0 Å². The number of nitrogens with two attached hydrogens (primary N) is 1. The molecule has 0 bridgehead atoms. The van der Waals surface area contributed by atoms with Gasteiger partial charge in [-0.15, -0.1) is 0 Å². The van der Waals surface area contributed by atoms with Crippen molar-refractivity contribution in [2.75, 3.05) is 6.54 Å². The molecule has 0 heterocycles. The van der Waals surface area contributed by atoms with Crippen molar-refractivity contribution in [3.8, 4) is 11.1 Å². The highest BCUT2D eigenvalue weighted by atomic mass is 16.4. The van der Waals surface area contributed by atoms with Gasteiger partial charge < -0.3 is 16.3 Å². The van der Waals surface area contributed by atoms with Crippen molar-refractivity contribution < 1.29 is 5.21 Å². The highest BCUT2D eigenvalue weighted by molar-refractivity contribution is 6.03. The van der Waals surface area contributed by atoms with Crippen LogP contribution in [0.3, 0.4) is 0 Å². The zero-order chi connectivity index (χ0) is 15.1. The molecule has 0 aliphatic rings. The summed E-state index contributed by atoms with van der Waals surface area (Å²) < 4.78 is 0. The van der Waals surface area contributed by atoms with Crippen LogP contribution < -0.4 is 11.1 Å². The number of nitrogens with zero attached hydrogens (tertiary/aromatic N) is 1. The SMILES string of the molecule is CCCNCc1ccc(-c2ccccc2C(N)=NO)cc1. The number of benzene rings is 2. The number of nitrogens with one attached hydrogen (secondary N) is 1. The molecule has 0 aromatic heterocycles. The van der Waals surface area contributed by atoms with Crippen LogP contribution in [-0.2, 0) is 6.54 Å². The Morgan fingerprint density at radius 3 is 2.52 bits per heavy atom. The average Bonchev–Trinajstić information content (AvgIpc) is 2.55. The molecule has 0 fully saturated rings. The van der Waals surface area contributed by atoms with E-state index >= 15 is 0 Å². The Bertz CT molecular complexity index is 606. The molecule has 4 N–H and O–H groups in total. The first-order chi connectivity index (χ1) is 10.3. The van der Waals surface area contributed by atoms with E-state index in [9.17, 15) is 0 Å². The van der Waals surface area contributed by atoms with E-state index in [2.05, 4.69) is 41.7 Å². The zero-order valence-electron chi connectivity index (χ0n) is 12.2. The lowest BCUT2D eigenvalue weighted by molar-refractivity contribution is 0.318. The van der Waals surface area contributed by atoms with E-state index in [1.807, 2.05) is 24.3 Å². The second kappa shape index (κ2) is 7.45. The van der Waals surface area contributed by atoms with Crippen LogP contribution >= 0.6 is 0 Å². The number of oxime groups is 1. The summed E-state index contributed by atoms with van der Waals surface area (Å²) in [6.45, 7) is 4.05. The quantitative estimate of drug-likeness (QED) is 0.251. The molecule has 0 aliphatic heterocycles. The molecule has 0 amide bonds. The van der Waals surface area contributed by atoms with Crippen molar-refractivity contribution in [1.29, 1.82) is 0 Å². The molecule has 0 saturated heterocycles. The topological polar surface area (TPSA) is 70.6 Å². The van der Waals surface area contributed by atoms with E-state index < -0.39 is 0 Å². The first kappa shape index (κ1) is 15.1. The van der Waals surface area contributed by atoms with Gasteiger partial charge in [-0.1, -0.05) is 60.6 Å². The summed E-state index contributed by atoms with van der Waals surface area (Å²) >= 11 is 0. The lowest BCUT2D eigenvalue weighted by Crippen LogP contribution is -2.14. The molecule has 4 heteroatoms. The zero-order valence-corrected chi connectivity index (χ0v) is 12.2.